The summed E-state index contributed by atoms with van der Waals surface area (Å²) in [4.78, 5) is 34.2. The zero-order valence-corrected chi connectivity index (χ0v) is 19.1. The van der Waals surface area contributed by atoms with Gasteiger partial charge in [0.15, 0.2) is 5.82 Å². The summed E-state index contributed by atoms with van der Waals surface area (Å²) in [5, 5.41) is 5.97. The molecular formula is C23H28N6O2S. The Morgan fingerprint density at radius 3 is 2.69 bits per heavy atom. The van der Waals surface area contributed by atoms with E-state index in [9.17, 15) is 9.59 Å². The predicted molar refractivity (Wildman–Crippen MR) is 130 cm³/mol. The third-order valence-corrected chi connectivity index (χ3v) is 5.56. The molecule has 2 aromatic heterocycles. The lowest BCUT2D eigenvalue weighted by atomic mass is 10.1. The SMILES string of the molecule is CSCc1cnc(NCCc2ccccc2)c(=O)n1CC(=O)NCc1ccc(N)nc1C. The third kappa shape index (κ3) is 6.34. The van der Waals surface area contributed by atoms with Crippen LogP contribution in [0.1, 0.15) is 22.5 Å². The lowest BCUT2D eigenvalue weighted by molar-refractivity contribution is -0.121. The maximum atomic E-state index is 13.0. The molecule has 0 unspecified atom stereocenters. The monoisotopic (exact) mass is 452 g/mol. The van der Waals surface area contributed by atoms with Gasteiger partial charge in [-0.3, -0.25) is 14.2 Å². The molecule has 0 aliphatic heterocycles. The number of benzene rings is 1. The maximum Gasteiger partial charge on any atom is 0.294 e. The summed E-state index contributed by atoms with van der Waals surface area (Å²) < 4.78 is 1.48. The molecule has 2 heterocycles. The molecule has 3 aromatic rings. The van der Waals surface area contributed by atoms with Crippen molar-refractivity contribution in [3.05, 3.63) is 81.5 Å². The number of thioether (sulfide) groups is 1. The van der Waals surface area contributed by atoms with Crippen LogP contribution >= 0.6 is 11.8 Å². The fourth-order valence-corrected chi connectivity index (χ4v) is 3.77. The first-order valence-corrected chi connectivity index (χ1v) is 11.7. The maximum absolute atomic E-state index is 13.0. The number of aromatic nitrogens is 3. The number of aryl methyl sites for hydroxylation is 1. The fourth-order valence-electron chi connectivity index (χ4n) is 3.24. The molecule has 0 bridgehead atoms. The highest BCUT2D eigenvalue weighted by Crippen LogP contribution is 2.10. The third-order valence-electron chi connectivity index (χ3n) is 4.97. The lowest BCUT2D eigenvalue weighted by Crippen LogP contribution is -2.35. The molecule has 0 saturated heterocycles. The first-order valence-electron chi connectivity index (χ1n) is 10.3. The van der Waals surface area contributed by atoms with Crippen molar-refractivity contribution in [2.75, 3.05) is 23.9 Å². The molecule has 0 atom stereocenters. The number of rotatable bonds is 10. The summed E-state index contributed by atoms with van der Waals surface area (Å²) in [5.41, 5.74) is 8.90. The Morgan fingerprint density at radius 2 is 1.97 bits per heavy atom. The molecular weight excluding hydrogens is 424 g/mol. The van der Waals surface area contributed by atoms with Crippen molar-refractivity contribution in [3.8, 4) is 0 Å². The van der Waals surface area contributed by atoms with Crippen LogP contribution in [0.15, 0.2) is 53.5 Å². The van der Waals surface area contributed by atoms with E-state index >= 15 is 0 Å². The number of carbonyl (C=O) groups is 1. The lowest BCUT2D eigenvalue weighted by Gasteiger charge is -2.14. The van der Waals surface area contributed by atoms with Crippen LogP contribution < -0.4 is 21.9 Å². The Labute approximate surface area is 191 Å². The van der Waals surface area contributed by atoms with Crippen molar-refractivity contribution in [2.45, 2.75) is 32.2 Å². The number of pyridine rings is 1. The van der Waals surface area contributed by atoms with E-state index in [-0.39, 0.29) is 23.8 Å². The van der Waals surface area contributed by atoms with Crippen molar-refractivity contribution in [1.82, 2.24) is 19.9 Å². The zero-order chi connectivity index (χ0) is 22.9. The number of anilines is 2. The van der Waals surface area contributed by atoms with Gasteiger partial charge in [0.05, 0.1) is 5.69 Å². The molecule has 3 rings (SSSR count). The molecule has 4 N–H and O–H groups in total. The molecule has 8 nitrogen and oxygen atoms in total. The van der Waals surface area contributed by atoms with Crippen LogP contribution in [0.3, 0.4) is 0 Å². The summed E-state index contributed by atoms with van der Waals surface area (Å²) in [6, 6.07) is 13.6. The second kappa shape index (κ2) is 11.3. The van der Waals surface area contributed by atoms with Crippen LogP contribution in [0.4, 0.5) is 11.6 Å². The Bertz CT molecular complexity index is 1120. The number of nitrogens with zero attached hydrogens (tertiary/aromatic N) is 3. The van der Waals surface area contributed by atoms with Crippen molar-refractivity contribution >= 4 is 29.3 Å². The van der Waals surface area contributed by atoms with E-state index < -0.39 is 0 Å². The normalized spacial score (nSPS) is 10.7. The smallest absolute Gasteiger partial charge is 0.294 e. The molecule has 0 aliphatic carbocycles. The predicted octanol–water partition coefficient (Wildman–Crippen LogP) is 2.36. The number of hydrogen-bond donors (Lipinski definition) is 3. The quantitative estimate of drug-likeness (QED) is 0.433. The van der Waals surface area contributed by atoms with Crippen molar-refractivity contribution in [3.63, 3.8) is 0 Å². The molecule has 168 valence electrons. The molecule has 0 spiro atoms. The van der Waals surface area contributed by atoms with Crippen LogP contribution in [0, 0.1) is 6.92 Å². The zero-order valence-electron chi connectivity index (χ0n) is 18.3. The number of nitrogens with one attached hydrogen (secondary N) is 2. The fraction of sp³-hybridized carbons (Fsp3) is 0.304. The second-order valence-electron chi connectivity index (χ2n) is 7.34. The van der Waals surface area contributed by atoms with E-state index in [2.05, 4.69) is 20.6 Å². The second-order valence-corrected chi connectivity index (χ2v) is 8.21. The van der Waals surface area contributed by atoms with E-state index in [0.717, 1.165) is 17.7 Å². The first kappa shape index (κ1) is 23.3. The van der Waals surface area contributed by atoms with E-state index in [1.165, 1.54) is 10.1 Å². The molecule has 0 radical (unpaired) electrons. The van der Waals surface area contributed by atoms with Crippen molar-refractivity contribution < 1.29 is 4.79 Å². The highest BCUT2D eigenvalue weighted by atomic mass is 32.2. The van der Waals surface area contributed by atoms with Crippen molar-refractivity contribution in [2.24, 2.45) is 0 Å². The van der Waals surface area contributed by atoms with Crippen LogP contribution in [-0.2, 0) is 30.1 Å². The van der Waals surface area contributed by atoms with Gasteiger partial charge in [-0.25, -0.2) is 9.97 Å². The molecule has 1 aromatic carbocycles. The highest BCUT2D eigenvalue weighted by molar-refractivity contribution is 7.97. The number of nitrogen functional groups attached to an aromatic ring is 1. The Balaban J connectivity index is 1.68. The van der Waals surface area contributed by atoms with E-state index in [1.54, 1.807) is 24.0 Å². The molecule has 1 amide bonds. The molecule has 0 aliphatic rings. The van der Waals surface area contributed by atoms with Gasteiger partial charge >= 0.3 is 0 Å². The van der Waals surface area contributed by atoms with Crippen LogP contribution in [0.5, 0.6) is 0 Å². The molecule has 0 saturated carbocycles. The highest BCUT2D eigenvalue weighted by Gasteiger charge is 2.14. The summed E-state index contributed by atoms with van der Waals surface area (Å²) in [6.45, 7) is 2.66. The largest absolute Gasteiger partial charge is 0.384 e. The van der Waals surface area contributed by atoms with Gasteiger partial charge in [-0.2, -0.15) is 11.8 Å². The first-order chi connectivity index (χ1) is 15.5. The van der Waals surface area contributed by atoms with Gasteiger partial charge in [0.1, 0.15) is 12.4 Å². The van der Waals surface area contributed by atoms with Gasteiger partial charge in [-0.1, -0.05) is 36.4 Å². The van der Waals surface area contributed by atoms with Crippen LogP contribution in [-0.4, -0.2) is 33.2 Å². The van der Waals surface area contributed by atoms with E-state index in [1.807, 2.05) is 49.6 Å². The Kier molecular flexibility index (Phi) is 8.27. The summed E-state index contributed by atoms with van der Waals surface area (Å²) in [7, 11) is 0. The molecule has 32 heavy (non-hydrogen) atoms. The average Bonchev–Trinajstić information content (AvgIpc) is 2.78. The van der Waals surface area contributed by atoms with Crippen LogP contribution in [0.2, 0.25) is 0 Å². The minimum Gasteiger partial charge on any atom is -0.384 e. The van der Waals surface area contributed by atoms with Gasteiger partial charge in [0.25, 0.3) is 5.56 Å². The van der Waals surface area contributed by atoms with Gasteiger partial charge in [0.2, 0.25) is 5.91 Å². The summed E-state index contributed by atoms with van der Waals surface area (Å²) >= 11 is 1.57. The van der Waals surface area contributed by atoms with Gasteiger partial charge in [0, 0.05) is 30.7 Å². The van der Waals surface area contributed by atoms with Gasteiger partial charge < -0.3 is 16.4 Å². The molecule has 0 fully saturated rings. The number of amides is 1. The van der Waals surface area contributed by atoms with E-state index in [4.69, 9.17) is 5.73 Å². The van der Waals surface area contributed by atoms with Gasteiger partial charge in [-0.05, 0) is 36.8 Å². The number of hydrogen-bond acceptors (Lipinski definition) is 7. The van der Waals surface area contributed by atoms with Crippen LogP contribution in [0.25, 0.3) is 0 Å². The van der Waals surface area contributed by atoms with E-state index in [0.29, 0.717) is 30.4 Å². The summed E-state index contributed by atoms with van der Waals surface area (Å²) in [5.74, 6) is 1.01. The minimum absolute atomic E-state index is 0.0773. The topological polar surface area (TPSA) is 115 Å². The average molecular weight is 453 g/mol. The summed E-state index contributed by atoms with van der Waals surface area (Å²) in [6.07, 6.45) is 4.37. The van der Waals surface area contributed by atoms with Crippen molar-refractivity contribution in [1.29, 1.82) is 0 Å². The van der Waals surface area contributed by atoms with Gasteiger partial charge in [-0.15, -0.1) is 0 Å². The standard InChI is InChI=1S/C23H28N6O2S/c1-16-18(8-9-20(24)28-16)12-26-21(30)14-29-19(15-32-2)13-27-22(23(29)31)25-11-10-17-6-4-3-5-7-17/h3-9,13H,10-12,14-15H2,1-2H3,(H2,24,28)(H,25,27)(H,26,30). The minimum atomic E-state index is -0.301. The molecule has 9 heteroatoms. The number of carbonyl (C=O) groups excluding carboxylic acids is 1. The number of nitrogens with two attached hydrogens (primary N) is 1. The Morgan fingerprint density at radius 1 is 1.19 bits per heavy atom. The Hall–Kier alpha value is -3.33.